The second kappa shape index (κ2) is 11.2. The van der Waals surface area contributed by atoms with Crippen LogP contribution in [0.1, 0.15) is 25.3 Å². The molecule has 2 aliphatic rings. The van der Waals surface area contributed by atoms with Crippen LogP contribution in [0, 0.1) is 5.92 Å². The van der Waals surface area contributed by atoms with Gasteiger partial charge in [-0.1, -0.05) is 49.4 Å². The maximum absolute atomic E-state index is 4.55. The minimum atomic E-state index is 0.745. The van der Waals surface area contributed by atoms with Crippen molar-refractivity contribution in [3.63, 3.8) is 0 Å². The molecule has 28 heavy (non-hydrogen) atoms. The number of nitrogens with one attached hydrogen (secondary N) is 1. The summed E-state index contributed by atoms with van der Waals surface area (Å²) in [6, 6.07) is 10.5. The Labute approximate surface area is 171 Å². The number of nitrogens with zero attached hydrogens (tertiary/aromatic N) is 4. The van der Waals surface area contributed by atoms with Crippen LogP contribution >= 0.6 is 0 Å². The second-order valence-corrected chi connectivity index (χ2v) is 7.93. The molecule has 0 spiro atoms. The van der Waals surface area contributed by atoms with E-state index in [0.717, 1.165) is 51.1 Å². The molecule has 5 nitrogen and oxygen atoms in total. The van der Waals surface area contributed by atoms with Gasteiger partial charge in [0, 0.05) is 52.9 Å². The molecule has 0 saturated carbocycles. The normalized spacial score (nSPS) is 22.7. The standard InChI is InChI=1S/C23H37N5/c1-3-26-13-8-12-22(20-26)19-25-23(24-2)28-17-15-27(16-18-28)14-7-11-21-9-5-4-6-10-21/h4-7,9-11,22H,3,8,12-20H2,1-2H3,(H,24,25)/b11-7+. The maximum atomic E-state index is 4.55. The topological polar surface area (TPSA) is 34.1 Å². The molecule has 1 N–H and O–H groups in total. The van der Waals surface area contributed by atoms with Gasteiger partial charge in [-0.15, -0.1) is 0 Å². The first-order valence-electron chi connectivity index (χ1n) is 10.9. The van der Waals surface area contributed by atoms with Crippen LogP contribution in [-0.2, 0) is 0 Å². The van der Waals surface area contributed by atoms with E-state index in [0.29, 0.717) is 0 Å². The average molecular weight is 384 g/mol. The minimum Gasteiger partial charge on any atom is -0.356 e. The summed E-state index contributed by atoms with van der Waals surface area (Å²) in [5.74, 6) is 1.82. The van der Waals surface area contributed by atoms with E-state index in [9.17, 15) is 0 Å². The predicted molar refractivity (Wildman–Crippen MR) is 120 cm³/mol. The number of hydrogen-bond donors (Lipinski definition) is 1. The van der Waals surface area contributed by atoms with Gasteiger partial charge in [-0.25, -0.2) is 0 Å². The third-order valence-electron chi connectivity index (χ3n) is 5.96. The Bertz CT molecular complexity index is 619. The molecule has 1 unspecified atom stereocenters. The Morgan fingerprint density at radius 1 is 1.11 bits per heavy atom. The Balaban J connectivity index is 1.38. The summed E-state index contributed by atoms with van der Waals surface area (Å²) in [5.41, 5.74) is 1.27. The fourth-order valence-corrected chi connectivity index (χ4v) is 4.22. The Kier molecular flexibility index (Phi) is 8.37. The number of rotatable bonds is 6. The third kappa shape index (κ3) is 6.35. The van der Waals surface area contributed by atoms with Crippen LogP contribution < -0.4 is 5.32 Å². The number of piperazine rings is 1. The number of aliphatic imine (C=N–C) groups is 1. The molecule has 2 heterocycles. The summed E-state index contributed by atoms with van der Waals surface area (Å²) >= 11 is 0. The van der Waals surface area contributed by atoms with E-state index in [4.69, 9.17) is 0 Å². The average Bonchev–Trinajstić information content (AvgIpc) is 2.76. The Morgan fingerprint density at radius 2 is 1.89 bits per heavy atom. The monoisotopic (exact) mass is 383 g/mol. The van der Waals surface area contributed by atoms with Crippen molar-refractivity contribution >= 4 is 12.0 Å². The molecule has 0 aliphatic carbocycles. The van der Waals surface area contributed by atoms with Gasteiger partial charge in [0.1, 0.15) is 0 Å². The zero-order chi connectivity index (χ0) is 19.6. The predicted octanol–water partition coefficient (Wildman–Crippen LogP) is 2.62. The molecule has 154 valence electrons. The molecule has 1 aromatic carbocycles. The van der Waals surface area contributed by atoms with Crippen molar-refractivity contribution in [1.82, 2.24) is 20.0 Å². The molecule has 0 aromatic heterocycles. The highest BCUT2D eigenvalue weighted by molar-refractivity contribution is 5.80. The SMILES string of the molecule is CCN1CCCC(CNC(=NC)N2CCN(C/C=C/c3ccccc3)CC2)C1. The van der Waals surface area contributed by atoms with Crippen LogP contribution in [0.4, 0.5) is 0 Å². The van der Waals surface area contributed by atoms with Crippen LogP contribution in [0.15, 0.2) is 41.4 Å². The molecule has 1 aromatic rings. The highest BCUT2D eigenvalue weighted by atomic mass is 15.3. The van der Waals surface area contributed by atoms with Gasteiger partial charge in [-0.2, -0.15) is 0 Å². The summed E-state index contributed by atoms with van der Waals surface area (Å²) < 4.78 is 0. The molecule has 5 heteroatoms. The van der Waals surface area contributed by atoms with E-state index in [1.54, 1.807) is 0 Å². The van der Waals surface area contributed by atoms with Gasteiger partial charge in [-0.05, 0) is 37.4 Å². The molecule has 2 saturated heterocycles. The first kappa shape index (κ1) is 20.9. The molecule has 0 bridgehead atoms. The highest BCUT2D eigenvalue weighted by Crippen LogP contribution is 2.15. The number of hydrogen-bond acceptors (Lipinski definition) is 3. The van der Waals surface area contributed by atoms with Gasteiger partial charge in [0.2, 0.25) is 0 Å². The Hall–Kier alpha value is -1.85. The van der Waals surface area contributed by atoms with E-state index in [1.807, 2.05) is 7.05 Å². The maximum Gasteiger partial charge on any atom is 0.193 e. The largest absolute Gasteiger partial charge is 0.356 e. The quantitative estimate of drug-likeness (QED) is 0.605. The molecule has 2 fully saturated rings. The van der Waals surface area contributed by atoms with Crippen LogP contribution in [0.2, 0.25) is 0 Å². The molecule has 1 atom stereocenters. The van der Waals surface area contributed by atoms with Crippen LogP contribution in [0.3, 0.4) is 0 Å². The number of likely N-dealkylation sites (tertiary alicyclic amines) is 1. The molecule has 0 radical (unpaired) electrons. The van der Waals surface area contributed by atoms with Crippen molar-refractivity contribution in [1.29, 1.82) is 0 Å². The van der Waals surface area contributed by atoms with Gasteiger partial charge in [0.25, 0.3) is 0 Å². The smallest absolute Gasteiger partial charge is 0.193 e. The van der Waals surface area contributed by atoms with Crippen LogP contribution in [-0.4, -0.2) is 86.6 Å². The van der Waals surface area contributed by atoms with E-state index in [2.05, 4.69) is 74.4 Å². The lowest BCUT2D eigenvalue weighted by molar-refractivity contribution is 0.178. The summed E-state index contributed by atoms with van der Waals surface area (Å²) in [6.45, 7) is 12.3. The van der Waals surface area contributed by atoms with Gasteiger partial charge in [0.05, 0.1) is 0 Å². The number of piperidine rings is 1. The van der Waals surface area contributed by atoms with Crippen LogP contribution in [0.5, 0.6) is 0 Å². The number of guanidine groups is 1. The van der Waals surface area contributed by atoms with Crippen LogP contribution in [0.25, 0.3) is 6.08 Å². The molecule has 2 aliphatic heterocycles. The van der Waals surface area contributed by atoms with Gasteiger partial charge in [-0.3, -0.25) is 9.89 Å². The van der Waals surface area contributed by atoms with Crippen molar-refractivity contribution in [2.45, 2.75) is 19.8 Å². The lowest BCUT2D eigenvalue weighted by Crippen LogP contribution is -2.53. The first-order chi connectivity index (χ1) is 13.8. The lowest BCUT2D eigenvalue weighted by Gasteiger charge is -2.37. The van der Waals surface area contributed by atoms with Gasteiger partial charge in [0.15, 0.2) is 5.96 Å². The molecular formula is C23H37N5. The number of benzene rings is 1. The molecule has 3 rings (SSSR count). The van der Waals surface area contributed by atoms with Crippen molar-refractivity contribution in [3.05, 3.63) is 42.0 Å². The van der Waals surface area contributed by atoms with Gasteiger partial charge < -0.3 is 15.1 Å². The summed E-state index contributed by atoms with van der Waals surface area (Å²) in [6.07, 6.45) is 7.16. The van der Waals surface area contributed by atoms with E-state index >= 15 is 0 Å². The zero-order valence-electron chi connectivity index (χ0n) is 17.7. The minimum absolute atomic E-state index is 0.745. The van der Waals surface area contributed by atoms with E-state index in [-0.39, 0.29) is 0 Å². The zero-order valence-corrected chi connectivity index (χ0v) is 17.7. The lowest BCUT2D eigenvalue weighted by atomic mass is 9.98. The van der Waals surface area contributed by atoms with Crippen molar-refractivity contribution < 1.29 is 0 Å². The highest BCUT2D eigenvalue weighted by Gasteiger charge is 2.22. The summed E-state index contributed by atoms with van der Waals surface area (Å²) in [7, 11) is 1.91. The fourth-order valence-electron chi connectivity index (χ4n) is 4.22. The van der Waals surface area contributed by atoms with Crippen molar-refractivity contribution in [2.75, 3.05) is 66.0 Å². The summed E-state index contributed by atoms with van der Waals surface area (Å²) in [5, 5.41) is 3.65. The Morgan fingerprint density at radius 3 is 2.61 bits per heavy atom. The first-order valence-corrected chi connectivity index (χ1v) is 10.9. The van der Waals surface area contributed by atoms with E-state index < -0.39 is 0 Å². The summed E-state index contributed by atoms with van der Waals surface area (Å²) in [4.78, 5) is 12.0. The van der Waals surface area contributed by atoms with Crippen molar-refractivity contribution in [3.8, 4) is 0 Å². The second-order valence-electron chi connectivity index (χ2n) is 7.93. The van der Waals surface area contributed by atoms with Gasteiger partial charge >= 0.3 is 0 Å². The molecule has 0 amide bonds. The van der Waals surface area contributed by atoms with Crippen molar-refractivity contribution in [2.24, 2.45) is 10.9 Å². The van der Waals surface area contributed by atoms with E-state index in [1.165, 1.54) is 38.0 Å². The molecular weight excluding hydrogens is 346 g/mol. The fraction of sp³-hybridized carbons (Fsp3) is 0.609. The third-order valence-corrected chi connectivity index (χ3v) is 5.96.